The molecule has 0 aromatic heterocycles. The van der Waals surface area contributed by atoms with Crippen molar-refractivity contribution >= 4 is 41.4 Å². The molecule has 280 valence electrons. The number of amides is 6. The number of cyclic esters (lactones) is 1. The Morgan fingerprint density at radius 1 is 0.863 bits per heavy atom. The molecule has 3 aliphatic heterocycles. The first-order valence-corrected chi connectivity index (χ1v) is 18.2. The Labute approximate surface area is 300 Å². The molecular formula is C37H54N6O8. The van der Waals surface area contributed by atoms with Gasteiger partial charge in [0.1, 0.15) is 42.4 Å². The van der Waals surface area contributed by atoms with Crippen LogP contribution in [0.1, 0.15) is 79.2 Å². The van der Waals surface area contributed by atoms with Crippen molar-refractivity contribution in [2.75, 3.05) is 20.1 Å². The quantitative estimate of drug-likeness (QED) is 0.369. The summed E-state index contributed by atoms with van der Waals surface area (Å²) in [6.07, 6.45) is 1.38. The molecule has 6 amide bonds. The molecule has 14 heteroatoms. The van der Waals surface area contributed by atoms with Crippen LogP contribution >= 0.6 is 0 Å². The first-order valence-electron chi connectivity index (χ1n) is 18.2. The number of likely N-dealkylation sites (N-methyl/N-ethyl adjacent to an activating group) is 1. The number of esters is 1. The molecule has 3 fully saturated rings. The van der Waals surface area contributed by atoms with E-state index >= 15 is 0 Å². The molecule has 51 heavy (non-hydrogen) atoms. The van der Waals surface area contributed by atoms with Gasteiger partial charge in [-0.15, -0.1) is 0 Å². The summed E-state index contributed by atoms with van der Waals surface area (Å²) in [4.78, 5) is 101. The summed E-state index contributed by atoms with van der Waals surface area (Å²) in [6, 6.07) is 2.87. The lowest BCUT2D eigenvalue weighted by molar-refractivity contribution is -0.157. The number of carbonyl (C=O) groups is 7. The second-order valence-electron chi connectivity index (χ2n) is 14.5. The van der Waals surface area contributed by atoms with Gasteiger partial charge >= 0.3 is 5.97 Å². The summed E-state index contributed by atoms with van der Waals surface area (Å²) in [5, 5.41) is 8.15. The van der Waals surface area contributed by atoms with Crippen LogP contribution in [0.5, 0.6) is 0 Å². The van der Waals surface area contributed by atoms with Crippen molar-refractivity contribution in [3.05, 3.63) is 35.9 Å². The number of hydrogen-bond acceptors (Lipinski definition) is 8. The minimum atomic E-state index is -1.37. The maximum atomic E-state index is 14.3. The molecule has 14 nitrogen and oxygen atoms in total. The fourth-order valence-electron chi connectivity index (χ4n) is 7.19. The molecule has 0 bridgehead atoms. The average molecular weight is 711 g/mol. The SMILES string of the molecule is CCC(C)C1NC(=O)C(NC(C)=O)C(C)OC(=O)C(C(C)C)NC(=O)C(Cc2ccccc2)N(C)C(=O)C2CCCN2C(=O)C2CCCN2C1=O. The van der Waals surface area contributed by atoms with Gasteiger partial charge in [-0.2, -0.15) is 0 Å². The van der Waals surface area contributed by atoms with E-state index in [0.29, 0.717) is 45.2 Å². The lowest BCUT2D eigenvalue weighted by Crippen LogP contribution is -2.61. The van der Waals surface area contributed by atoms with Crippen LogP contribution in [0.25, 0.3) is 0 Å². The second-order valence-corrected chi connectivity index (χ2v) is 14.5. The third-order valence-electron chi connectivity index (χ3n) is 10.4. The maximum Gasteiger partial charge on any atom is 0.329 e. The molecule has 8 unspecified atom stereocenters. The largest absolute Gasteiger partial charge is 0.458 e. The van der Waals surface area contributed by atoms with Crippen molar-refractivity contribution in [1.82, 2.24) is 30.7 Å². The minimum absolute atomic E-state index is 0.137. The Hall–Kier alpha value is -4.49. The molecule has 4 rings (SSSR count). The molecule has 0 aliphatic carbocycles. The predicted octanol–water partition coefficient (Wildman–Crippen LogP) is 1.16. The van der Waals surface area contributed by atoms with E-state index < -0.39 is 83.8 Å². The van der Waals surface area contributed by atoms with Crippen LogP contribution in [0.4, 0.5) is 0 Å². The number of nitrogens with one attached hydrogen (secondary N) is 3. The van der Waals surface area contributed by atoms with Crippen molar-refractivity contribution in [2.45, 2.75) is 122 Å². The lowest BCUT2D eigenvalue weighted by atomic mass is 9.96. The zero-order valence-electron chi connectivity index (χ0n) is 30.8. The molecule has 1 aromatic carbocycles. The highest BCUT2D eigenvalue weighted by Crippen LogP contribution is 2.28. The fraction of sp³-hybridized carbons (Fsp3) is 0.649. The molecule has 0 radical (unpaired) electrons. The topological polar surface area (TPSA) is 175 Å². The van der Waals surface area contributed by atoms with Crippen molar-refractivity contribution in [3.63, 3.8) is 0 Å². The van der Waals surface area contributed by atoms with Gasteiger partial charge in [0.2, 0.25) is 35.4 Å². The van der Waals surface area contributed by atoms with Crippen molar-refractivity contribution in [1.29, 1.82) is 0 Å². The Morgan fingerprint density at radius 3 is 2.00 bits per heavy atom. The van der Waals surface area contributed by atoms with E-state index in [1.54, 1.807) is 13.8 Å². The van der Waals surface area contributed by atoms with Crippen LogP contribution in [-0.2, 0) is 44.7 Å². The van der Waals surface area contributed by atoms with Crippen LogP contribution in [0.15, 0.2) is 30.3 Å². The van der Waals surface area contributed by atoms with Crippen molar-refractivity contribution in [2.24, 2.45) is 11.8 Å². The van der Waals surface area contributed by atoms with Crippen molar-refractivity contribution < 1.29 is 38.3 Å². The molecule has 3 saturated heterocycles. The van der Waals surface area contributed by atoms with Gasteiger partial charge in [-0.05, 0) is 50.0 Å². The van der Waals surface area contributed by atoms with E-state index in [4.69, 9.17) is 4.74 Å². The second kappa shape index (κ2) is 17.1. The van der Waals surface area contributed by atoms with Crippen LogP contribution in [0, 0.1) is 11.8 Å². The Kier molecular flexibility index (Phi) is 13.2. The molecule has 1 aromatic rings. The summed E-state index contributed by atoms with van der Waals surface area (Å²) in [7, 11) is 1.53. The van der Waals surface area contributed by atoms with Crippen LogP contribution in [0.2, 0.25) is 0 Å². The highest BCUT2D eigenvalue weighted by molar-refractivity contribution is 5.98. The minimum Gasteiger partial charge on any atom is -0.458 e. The number of benzene rings is 1. The summed E-state index contributed by atoms with van der Waals surface area (Å²) in [6.45, 7) is 10.4. The van der Waals surface area contributed by atoms with E-state index in [-0.39, 0.29) is 18.2 Å². The summed E-state index contributed by atoms with van der Waals surface area (Å²) in [5.41, 5.74) is 0.785. The molecule has 3 aliphatic rings. The molecular weight excluding hydrogens is 656 g/mol. The number of fused-ring (bicyclic) bond motifs is 2. The van der Waals surface area contributed by atoms with E-state index in [1.165, 1.54) is 35.6 Å². The highest BCUT2D eigenvalue weighted by atomic mass is 16.5. The van der Waals surface area contributed by atoms with Crippen molar-refractivity contribution in [3.8, 4) is 0 Å². The number of ether oxygens (including phenoxy) is 1. The van der Waals surface area contributed by atoms with E-state index in [0.717, 1.165) is 5.56 Å². The van der Waals surface area contributed by atoms with Crippen LogP contribution in [0.3, 0.4) is 0 Å². The van der Waals surface area contributed by atoms with E-state index in [2.05, 4.69) is 16.0 Å². The Bertz CT molecular complexity index is 1470. The highest BCUT2D eigenvalue weighted by Gasteiger charge is 2.46. The summed E-state index contributed by atoms with van der Waals surface area (Å²) in [5.74, 6) is -4.71. The number of nitrogens with zero attached hydrogens (tertiary/aromatic N) is 3. The monoisotopic (exact) mass is 710 g/mol. The summed E-state index contributed by atoms with van der Waals surface area (Å²) >= 11 is 0. The first-order chi connectivity index (χ1) is 24.2. The van der Waals surface area contributed by atoms with Gasteiger partial charge in [0.05, 0.1) is 0 Å². The number of hydrogen-bond donors (Lipinski definition) is 3. The third-order valence-corrected chi connectivity index (χ3v) is 10.4. The zero-order valence-corrected chi connectivity index (χ0v) is 30.8. The first kappa shape index (κ1) is 39.3. The van der Waals surface area contributed by atoms with Crippen LogP contribution < -0.4 is 16.0 Å². The Morgan fingerprint density at radius 2 is 1.43 bits per heavy atom. The van der Waals surface area contributed by atoms with Gasteiger partial charge in [-0.25, -0.2) is 4.79 Å². The average Bonchev–Trinajstić information content (AvgIpc) is 3.80. The van der Waals surface area contributed by atoms with Gasteiger partial charge in [0.25, 0.3) is 0 Å². The third kappa shape index (κ3) is 9.06. The molecule has 3 N–H and O–H groups in total. The number of rotatable bonds is 6. The molecule has 0 spiro atoms. The number of carbonyl (C=O) groups excluding carboxylic acids is 7. The van der Waals surface area contributed by atoms with Gasteiger partial charge in [-0.1, -0.05) is 64.4 Å². The molecule has 0 saturated carbocycles. The standard InChI is InChI=1S/C37H54N6O8/c1-8-22(4)30-36(49)43-19-13-17-27(43)35(48)42-18-12-16-26(42)34(47)41(7)28(20-25-14-10-9-11-15-25)32(45)39-29(21(2)3)37(50)51-23(5)31(33(46)40-30)38-24(6)44/h9-11,14-15,21-23,26-31H,8,12-13,16-20H2,1-7H3,(H,38,44)(H,39,45)(H,40,46). The maximum absolute atomic E-state index is 14.3. The fourth-order valence-corrected chi connectivity index (χ4v) is 7.19. The predicted molar refractivity (Wildman–Crippen MR) is 187 cm³/mol. The smallest absolute Gasteiger partial charge is 0.329 e. The lowest BCUT2D eigenvalue weighted by Gasteiger charge is -2.36. The van der Waals surface area contributed by atoms with E-state index in [9.17, 15) is 33.6 Å². The molecule has 3 heterocycles. The van der Waals surface area contributed by atoms with Gasteiger partial charge in [0.15, 0.2) is 0 Å². The normalized spacial score (nSPS) is 29.3. The Balaban J connectivity index is 1.80. The molecule has 8 atom stereocenters. The van der Waals surface area contributed by atoms with Crippen LogP contribution in [-0.4, -0.2) is 119 Å². The van der Waals surface area contributed by atoms with Gasteiger partial charge in [0, 0.05) is 33.5 Å². The summed E-state index contributed by atoms with van der Waals surface area (Å²) < 4.78 is 5.76. The van der Waals surface area contributed by atoms with Gasteiger partial charge < -0.3 is 35.4 Å². The van der Waals surface area contributed by atoms with Gasteiger partial charge in [-0.3, -0.25) is 28.8 Å². The zero-order chi connectivity index (χ0) is 37.6. The van der Waals surface area contributed by atoms with E-state index in [1.807, 2.05) is 44.2 Å².